The molecule has 4 aromatic rings. The number of fused-ring (bicyclic) bond motifs is 1. The van der Waals surface area contributed by atoms with E-state index < -0.39 is 6.04 Å². The topological polar surface area (TPSA) is 91.3 Å². The molecule has 0 saturated carbocycles. The highest BCUT2D eigenvalue weighted by molar-refractivity contribution is 6.30. The van der Waals surface area contributed by atoms with Crippen molar-refractivity contribution in [1.29, 1.82) is 0 Å². The van der Waals surface area contributed by atoms with Gasteiger partial charge in [-0.3, -0.25) is 14.9 Å². The molecule has 0 aliphatic heterocycles. The van der Waals surface area contributed by atoms with E-state index in [1.807, 2.05) is 44.2 Å². The molecule has 1 atom stereocenters. The first kappa shape index (κ1) is 23.7. The number of H-pyrrole nitrogens is 1. The number of carbonyl (C=O) groups excluding carboxylic acids is 1. The average Bonchev–Trinajstić information content (AvgIpc) is 3.33. The van der Waals surface area contributed by atoms with Gasteiger partial charge in [0.1, 0.15) is 5.75 Å². The predicted octanol–water partition coefficient (Wildman–Crippen LogP) is 5.18. The Balaban J connectivity index is 1.70. The number of rotatable bonds is 8. The van der Waals surface area contributed by atoms with Crippen molar-refractivity contribution in [2.45, 2.75) is 26.3 Å². The number of aromatic amines is 1. The number of pyridine rings is 1. The Bertz CT molecular complexity index is 1320. The molecule has 7 nitrogen and oxygen atoms in total. The summed E-state index contributed by atoms with van der Waals surface area (Å²) in [5.41, 5.74) is 4.73. The van der Waals surface area contributed by atoms with Crippen molar-refractivity contribution in [2.75, 3.05) is 20.3 Å². The Morgan fingerprint density at radius 1 is 1.24 bits per heavy atom. The maximum absolute atomic E-state index is 13.6. The van der Waals surface area contributed by atoms with E-state index in [1.54, 1.807) is 36.5 Å². The fourth-order valence-corrected chi connectivity index (χ4v) is 4.37. The highest BCUT2D eigenvalue weighted by atomic mass is 35.5. The first-order valence-electron chi connectivity index (χ1n) is 11.1. The number of aliphatic hydroxyl groups excluding tert-OH is 1. The van der Waals surface area contributed by atoms with Crippen molar-refractivity contribution in [3.05, 3.63) is 76.7 Å². The first-order valence-corrected chi connectivity index (χ1v) is 11.5. The number of hydrogen-bond donors (Lipinski definition) is 2. The van der Waals surface area contributed by atoms with Gasteiger partial charge in [0, 0.05) is 52.6 Å². The molecule has 0 aliphatic carbocycles. The van der Waals surface area contributed by atoms with Gasteiger partial charge in [-0.05, 0) is 56.2 Å². The number of hydrogen-bond acceptors (Lipinski definition) is 5. The second-order valence-corrected chi connectivity index (χ2v) is 8.49. The molecule has 2 N–H and O–H groups in total. The van der Waals surface area contributed by atoms with Crippen LogP contribution in [0.3, 0.4) is 0 Å². The van der Waals surface area contributed by atoms with Crippen molar-refractivity contribution >= 4 is 28.4 Å². The minimum absolute atomic E-state index is 0.0797. The maximum atomic E-state index is 13.6. The maximum Gasteiger partial charge on any atom is 0.254 e. The quantitative estimate of drug-likeness (QED) is 0.364. The van der Waals surface area contributed by atoms with Crippen molar-refractivity contribution < 1.29 is 14.6 Å². The van der Waals surface area contributed by atoms with E-state index in [2.05, 4.69) is 15.2 Å². The van der Waals surface area contributed by atoms with E-state index in [9.17, 15) is 9.90 Å². The number of nitrogens with one attached hydrogen (secondary N) is 1. The van der Waals surface area contributed by atoms with Crippen LogP contribution in [0.5, 0.6) is 5.75 Å². The number of aliphatic hydroxyl groups is 1. The van der Waals surface area contributed by atoms with Gasteiger partial charge < -0.3 is 14.7 Å². The molecule has 0 unspecified atom stereocenters. The molecule has 1 amide bonds. The summed E-state index contributed by atoms with van der Waals surface area (Å²) in [4.78, 5) is 19.7. The van der Waals surface area contributed by atoms with Crippen LogP contribution in [0.15, 0.2) is 54.9 Å². The monoisotopic (exact) mass is 478 g/mol. The Labute approximate surface area is 203 Å². The van der Waals surface area contributed by atoms with Gasteiger partial charge >= 0.3 is 0 Å². The highest BCUT2D eigenvalue weighted by Gasteiger charge is 2.26. The molecule has 2 aromatic carbocycles. The molecule has 4 rings (SSSR count). The zero-order valence-corrected chi connectivity index (χ0v) is 20.1. The average molecular weight is 479 g/mol. The summed E-state index contributed by atoms with van der Waals surface area (Å²) in [5.74, 6) is 0.418. The fourth-order valence-electron chi connectivity index (χ4n) is 4.18. The predicted molar refractivity (Wildman–Crippen MR) is 133 cm³/mol. The van der Waals surface area contributed by atoms with Gasteiger partial charge in [0.05, 0.1) is 24.4 Å². The summed E-state index contributed by atoms with van der Waals surface area (Å²) in [6.45, 7) is 4.19. The van der Waals surface area contributed by atoms with Crippen molar-refractivity contribution in [1.82, 2.24) is 20.1 Å². The van der Waals surface area contributed by atoms with Gasteiger partial charge in [-0.1, -0.05) is 23.7 Å². The zero-order chi connectivity index (χ0) is 24.2. The largest absolute Gasteiger partial charge is 0.493 e. The molecule has 0 saturated heterocycles. The van der Waals surface area contributed by atoms with E-state index in [0.717, 1.165) is 33.3 Å². The number of amides is 1. The standard InChI is InChI=1S/C26H27ClN4O3/c1-4-34-24-13-18(8-9-20(24)17-6-5-7-19(27)12-17)26(33)31(3)23(10-11-32)22-14-28-16(2)21-15-29-30-25(21)22/h5-9,12-15,23,32H,4,10-11H2,1-3H3,(H,29,30)/t23-/m0/s1. The molecule has 176 valence electrons. The third-order valence-electron chi connectivity index (χ3n) is 5.93. The van der Waals surface area contributed by atoms with Crippen LogP contribution < -0.4 is 4.74 Å². The molecule has 34 heavy (non-hydrogen) atoms. The molecule has 0 bridgehead atoms. The van der Waals surface area contributed by atoms with Crippen LogP contribution in [-0.2, 0) is 0 Å². The zero-order valence-electron chi connectivity index (χ0n) is 19.4. The minimum atomic E-state index is -0.392. The van der Waals surface area contributed by atoms with Gasteiger partial charge in [0.15, 0.2) is 0 Å². The molecule has 2 aromatic heterocycles. The summed E-state index contributed by atoms with van der Waals surface area (Å²) < 4.78 is 5.88. The Hall–Kier alpha value is -3.42. The van der Waals surface area contributed by atoms with Gasteiger partial charge in [-0.25, -0.2) is 0 Å². The Morgan fingerprint density at radius 3 is 2.79 bits per heavy atom. The molecule has 2 heterocycles. The highest BCUT2D eigenvalue weighted by Crippen LogP contribution is 2.34. The van der Waals surface area contributed by atoms with Crippen LogP contribution in [0.25, 0.3) is 22.0 Å². The second kappa shape index (κ2) is 10.2. The SMILES string of the molecule is CCOc1cc(C(=O)N(C)[C@@H](CCO)c2cnc(C)c3cn[nH]c23)ccc1-c1cccc(Cl)c1. The molecule has 0 fully saturated rings. The van der Waals surface area contributed by atoms with Crippen LogP contribution in [-0.4, -0.2) is 51.4 Å². The van der Waals surface area contributed by atoms with Crippen LogP contribution in [0, 0.1) is 6.92 Å². The van der Waals surface area contributed by atoms with Gasteiger partial charge in [-0.15, -0.1) is 0 Å². The van der Waals surface area contributed by atoms with Gasteiger partial charge in [0.2, 0.25) is 0 Å². The van der Waals surface area contributed by atoms with Crippen molar-refractivity contribution in [3.63, 3.8) is 0 Å². The molecule has 0 radical (unpaired) electrons. The molecular formula is C26H27ClN4O3. The van der Waals surface area contributed by atoms with E-state index in [1.165, 1.54) is 0 Å². The summed E-state index contributed by atoms with van der Waals surface area (Å²) in [6, 6.07) is 12.5. The molecular weight excluding hydrogens is 452 g/mol. The lowest BCUT2D eigenvalue weighted by atomic mass is 9.99. The summed E-state index contributed by atoms with van der Waals surface area (Å²) in [6.07, 6.45) is 3.83. The number of aromatic nitrogens is 3. The number of benzene rings is 2. The lowest BCUT2D eigenvalue weighted by Crippen LogP contribution is -2.32. The van der Waals surface area contributed by atoms with Gasteiger partial charge in [0.25, 0.3) is 5.91 Å². The smallest absolute Gasteiger partial charge is 0.254 e. The number of ether oxygens (including phenoxy) is 1. The Kier molecular flexibility index (Phi) is 7.14. The molecule has 0 aliphatic rings. The van der Waals surface area contributed by atoms with E-state index in [-0.39, 0.29) is 12.5 Å². The number of aryl methyl sites for hydroxylation is 1. The van der Waals surface area contributed by atoms with E-state index >= 15 is 0 Å². The fraction of sp³-hybridized carbons (Fsp3) is 0.269. The third-order valence-corrected chi connectivity index (χ3v) is 6.16. The lowest BCUT2D eigenvalue weighted by Gasteiger charge is -2.29. The van der Waals surface area contributed by atoms with Crippen molar-refractivity contribution in [3.8, 4) is 16.9 Å². The number of halogens is 1. The van der Waals surface area contributed by atoms with Gasteiger partial charge in [-0.2, -0.15) is 5.10 Å². The minimum Gasteiger partial charge on any atom is -0.493 e. The normalized spacial score (nSPS) is 12.0. The van der Waals surface area contributed by atoms with Crippen LogP contribution in [0.4, 0.5) is 0 Å². The summed E-state index contributed by atoms with van der Waals surface area (Å²) >= 11 is 6.18. The number of carbonyl (C=O) groups is 1. The number of nitrogens with zero attached hydrogens (tertiary/aromatic N) is 3. The van der Waals surface area contributed by atoms with Crippen LogP contribution >= 0.6 is 11.6 Å². The second-order valence-electron chi connectivity index (χ2n) is 8.06. The summed E-state index contributed by atoms with van der Waals surface area (Å²) in [5, 5.41) is 18.4. The Morgan fingerprint density at radius 2 is 2.06 bits per heavy atom. The van der Waals surface area contributed by atoms with Crippen LogP contribution in [0.1, 0.15) is 41.0 Å². The first-order chi connectivity index (χ1) is 16.4. The molecule has 8 heteroatoms. The van der Waals surface area contributed by atoms with Crippen molar-refractivity contribution in [2.24, 2.45) is 0 Å². The summed E-state index contributed by atoms with van der Waals surface area (Å²) in [7, 11) is 1.73. The van der Waals surface area contributed by atoms with Crippen LogP contribution in [0.2, 0.25) is 5.02 Å². The molecule has 0 spiro atoms. The third kappa shape index (κ3) is 4.62. The van der Waals surface area contributed by atoms with E-state index in [4.69, 9.17) is 16.3 Å². The lowest BCUT2D eigenvalue weighted by molar-refractivity contribution is 0.0705. The van der Waals surface area contributed by atoms with E-state index in [0.29, 0.717) is 29.4 Å².